The standard InChI is InChI=1S/C10H16N6OS/c11-8(17)10(12,6-1-2-6)5-18-9-13-14-15-16(9)7-3-4-7/h6-7H,1-5,12H2,(H2,11,17). The second-order valence-corrected chi connectivity index (χ2v) is 6.05. The second-order valence-electron chi connectivity index (χ2n) is 5.10. The molecule has 2 aliphatic carbocycles. The molecule has 2 fully saturated rings. The Hall–Kier alpha value is -1.15. The molecular weight excluding hydrogens is 252 g/mol. The highest BCUT2D eigenvalue weighted by Crippen LogP contribution is 2.41. The predicted octanol–water partition coefficient (Wildman–Crippen LogP) is -0.307. The smallest absolute Gasteiger partial charge is 0.238 e. The summed E-state index contributed by atoms with van der Waals surface area (Å²) < 4.78 is 1.82. The van der Waals surface area contributed by atoms with Crippen molar-refractivity contribution >= 4 is 17.7 Å². The summed E-state index contributed by atoms with van der Waals surface area (Å²) in [5, 5.41) is 12.3. The van der Waals surface area contributed by atoms with E-state index in [9.17, 15) is 4.79 Å². The minimum absolute atomic E-state index is 0.216. The van der Waals surface area contributed by atoms with Crippen LogP contribution in [0.1, 0.15) is 31.7 Å². The first-order chi connectivity index (χ1) is 8.61. The van der Waals surface area contributed by atoms with Gasteiger partial charge in [0.2, 0.25) is 11.1 Å². The Balaban J connectivity index is 1.69. The molecule has 0 bridgehead atoms. The van der Waals surface area contributed by atoms with Crippen LogP contribution in [-0.2, 0) is 4.79 Å². The van der Waals surface area contributed by atoms with Gasteiger partial charge in [0.05, 0.1) is 6.04 Å². The number of nitrogens with zero attached hydrogens (tertiary/aromatic N) is 4. The third-order valence-electron chi connectivity index (χ3n) is 3.56. The van der Waals surface area contributed by atoms with Crippen molar-refractivity contribution in [3.05, 3.63) is 0 Å². The van der Waals surface area contributed by atoms with E-state index in [0.29, 0.717) is 11.8 Å². The van der Waals surface area contributed by atoms with Crippen molar-refractivity contribution in [2.75, 3.05) is 5.75 Å². The first-order valence-corrected chi connectivity index (χ1v) is 7.09. The van der Waals surface area contributed by atoms with E-state index in [1.165, 1.54) is 11.8 Å². The van der Waals surface area contributed by atoms with Crippen LogP contribution in [-0.4, -0.2) is 37.4 Å². The zero-order chi connectivity index (χ0) is 12.8. The van der Waals surface area contributed by atoms with E-state index < -0.39 is 11.4 Å². The van der Waals surface area contributed by atoms with Crippen LogP contribution in [0.25, 0.3) is 0 Å². The van der Waals surface area contributed by atoms with E-state index in [-0.39, 0.29) is 5.92 Å². The molecule has 0 saturated heterocycles. The minimum atomic E-state index is -0.926. The lowest BCUT2D eigenvalue weighted by Gasteiger charge is -2.24. The molecule has 8 heteroatoms. The van der Waals surface area contributed by atoms with E-state index in [4.69, 9.17) is 11.5 Å². The molecule has 1 atom stereocenters. The van der Waals surface area contributed by atoms with Crippen molar-refractivity contribution in [1.29, 1.82) is 0 Å². The van der Waals surface area contributed by atoms with Gasteiger partial charge >= 0.3 is 0 Å². The molecule has 7 nitrogen and oxygen atoms in total. The molecule has 0 radical (unpaired) electrons. The second kappa shape index (κ2) is 4.20. The van der Waals surface area contributed by atoms with Crippen LogP contribution < -0.4 is 11.5 Å². The zero-order valence-corrected chi connectivity index (χ0v) is 10.8. The van der Waals surface area contributed by atoms with Gasteiger partial charge in [0.15, 0.2) is 0 Å². The van der Waals surface area contributed by atoms with Crippen molar-refractivity contribution in [3.8, 4) is 0 Å². The Kier molecular flexibility index (Phi) is 2.78. The van der Waals surface area contributed by atoms with E-state index in [2.05, 4.69) is 15.5 Å². The van der Waals surface area contributed by atoms with Gasteiger partial charge in [-0.15, -0.1) is 5.10 Å². The molecule has 0 spiro atoms. The Morgan fingerprint density at radius 2 is 2.17 bits per heavy atom. The molecule has 18 heavy (non-hydrogen) atoms. The number of hydrogen-bond donors (Lipinski definition) is 2. The highest BCUT2D eigenvalue weighted by Gasteiger charge is 2.47. The molecule has 1 heterocycles. The van der Waals surface area contributed by atoms with E-state index in [0.717, 1.165) is 30.8 Å². The summed E-state index contributed by atoms with van der Waals surface area (Å²) in [6.45, 7) is 0. The number of carbonyl (C=O) groups is 1. The fourth-order valence-electron chi connectivity index (χ4n) is 2.00. The first kappa shape index (κ1) is 11.9. The highest BCUT2D eigenvalue weighted by atomic mass is 32.2. The number of carbonyl (C=O) groups excluding carboxylic acids is 1. The molecule has 4 N–H and O–H groups in total. The zero-order valence-electron chi connectivity index (χ0n) is 9.95. The minimum Gasteiger partial charge on any atom is -0.368 e. The molecule has 2 aliphatic rings. The molecule has 1 aromatic rings. The predicted molar refractivity (Wildman–Crippen MR) is 65.6 cm³/mol. The third-order valence-corrected chi connectivity index (χ3v) is 4.71. The quantitative estimate of drug-likeness (QED) is 0.684. The van der Waals surface area contributed by atoms with Crippen LogP contribution in [0, 0.1) is 5.92 Å². The van der Waals surface area contributed by atoms with Crippen LogP contribution in [0.15, 0.2) is 5.16 Å². The lowest BCUT2D eigenvalue weighted by atomic mass is 9.96. The molecule has 1 aromatic heterocycles. The molecular formula is C10H16N6OS. The summed E-state index contributed by atoms with van der Waals surface area (Å²) in [4.78, 5) is 11.5. The normalized spacial score (nSPS) is 22.7. The summed E-state index contributed by atoms with van der Waals surface area (Å²) in [5.41, 5.74) is 10.6. The topological polar surface area (TPSA) is 113 Å². The van der Waals surface area contributed by atoms with E-state index >= 15 is 0 Å². The number of hydrogen-bond acceptors (Lipinski definition) is 6. The van der Waals surface area contributed by atoms with Gasteiger partial charge < -0.3 is 11.5 Å². The summed E-state index contributed by atoms with van der Waals surface area (Å²) in [6, 6.07) is 0.421. The molecule has 1 amide bonds. The first-order valence-electron chi connectivity index (χ1n) is 6.10. The number of nitrogens with two attached hydrogens (primary N) is 2. The van der Waals surface area contributed by atoms with Gasteiger partial charge in [-0.2, -0.15) is 0 Å². The lowest BCUT2D eigenvalue weighted by Crippen LogP contribution is -2.56. The Labute approximate surface area is 109 Å². The Morgan fingerprint density at radius 1 is 1.44 bits per heavy atom. The molecule has 0 aromatic carbocycles. The van der Waals surface area contributed by atoms with Crippen molar-refractivity contribution in [2.24, 2.45) is 17.4 Å². The van der Waals surface area contributed by atoms with Gasteiger partial charge in [-0.1, -0.05) is 11.8 Å². The fraction of sp³-hybridized carbons (Fsp3) is 0.800. The average molecular weight is 268 g/mol. The van der Waals surface area contributed by atoms with Gasteiger partial charge in [0, 0.05) is 5.75 Å². The number of amides is 1. The largest absolute Gasteiger partial charge is 0.368 e. The summed E-state index contributed by atoms with van der Waals surface area (Å²) >= 11 is 1.43. The highest BCUT2D eigenvalue weighted by molar-refractivity contribution is 7.99. The van der Waals surface area contributed by atoms with Crippen LogP contribution in [0.5, 0.6) is 0 Å². The third kappa shape index (κ3) is 2.10. The molecule has 0 aliphatic heterocycles. The van der Waals surface area contributed by atoms with Gasteiger partial charge in [-0.3, -0.25) is 4.79 Å². The van der Waals surface area contributed by atoms with Crippen molar-refractivity contribution < 1.29 is 4.79 Å². The van der Waals surface area contributed by atoms with E-state index in [1.54, 1.807) is 0 Å². The van der Waals surface area contributed by atoms with Gasteiger partial charge in [0.1, 0.15) is 5.54 Å². The molecule has 2 saturated carbocycles. The van der Waals surface area contributed by atoms with Crippen LogP contribution in [0.2, 0.25) is 0 Å². The maximum atomic E-state index is 11.5. The van der Waals surface area contributed by atoms with Gasteiger partial charge in [0.25, 0.3) is 0 Å². The molecule has 98 valence electrons. The SMILES string of the molecule is NC(=O)C(N)(CSc1nnnn1C1CC1)C1CC1. The van der Waals surface area contributed by atoms with E-state index in [1.807, 2.05) is 4.68 Å². The summed E-state index contributed by atoms with van der Waals surface area (Å²) in [6.07, 6.45) is 4.19. The number of primary amides is 1. The van der Waals surface area contributed by atoms with Crippen molar-refractivity contribution in [1.82, 2.24) is 20.2 Å². The van der Waals surface area contributed by atoms with Gasteiger partial charge in [-0.05, 0) is 42.0 Å². The fourth-order valence-corrected chi connectivity index (χ4v) is 3.16. The van der Waals surface area contributed by atoms with Crippen LogP contribution >= 0.6 is 11.8 Å². The van der Waals surface area contributed by atoms with Gasteiger partial charge in [-0.25, -0.2) is 4.68 Å². The molecule has 1 unspecified atom stereocenters. The maximum absolute atomic E-state index is 11.5. The van der Waals surface area contributed by atoms with Crippen LogP contribution in [0.4, 0.5) is 0 Å². The van der Waals surface area contributed by atoms with Crippen molar-refractivity contribution in [3.63, 3.8) is 0 Å². The Bertz CT molecular complexity index is 469. The summed E-state index contributed by atoms with van der Waals surface area (Å²) in [7, 11) is 0. The number of rotatable bonds is 6. The van der Waals surface area contributed by atoms with Crippen molar-refractivity contribution in [2.45, 2.75) is 42.4 Å². The maximum Gasteiger partial charge on any atom is 0.238 e. The number of tetrazole rings is 1. The monoisotopic (exact) mass is 268 g/mol. The number of thioether (sulfide) groups is 1. The average Bonchev–Trinajstić information content (AvgIpc) is 3.23. The Morgan fingerprint density at radius 3 is 2.72 bits per heavy atom. The summed E-state index contributed by atoms with van der Waals surface area (Å²) in [5.74, 6) is 0.232. The van der Waals surface area contributed by atoms with Crippen LogP contribution in [0.3, 0.4) is 0 Å². The lowest BCUT2D eigenvalue weighted by molar-refractivity contribution is -0.123. The molecule has 3 rings (SSSR count). The number of aromatic nitrogens is 4.